The van der Waals surface area contributed by atoms with Crippen LogP contribution < -0.4 is 5.32 Å². The molecule has 17 heavy (non-hydrogen) atoms. The first-order valence-electron chi connectivity index (χ1n) is 5.98. The number of carbonyl (C=O) groups is 1. The summed E-state index contributed by atoms with van der Waals surface area (Å²) in [6.45, 7) is 0. The maximum Gasteiger partial charge on any atom is 0.244 e. The van der Waals surface area contributed by atoms with Crippen LogP contribution in [0.5, 0.6) is 0 Å². The lowest BCUT2D eigenvalue weighted by Gasteiger charge is -2.08. The van der Waals surface area contributed by atoms with Gasteiger partial charge in [-0.2, -0.15) is 0 Å². The molecule has 0 atom stereocenters. The van der Waals surface area contributed by atoms with Gasteiger partial charge in [0.15, 0.2) is 0 Å². The molecule has 0 aromatic heterocycles. The second kappa shape index (κ2) is 5.62. The summed E-state index contributed by atoms with van der Waals surface area (Å²) < 4.78 is 12.9. The van der Waals surface area contributed by atoms with E-state index in [1.807, 2.05) is 0 Å². The number of halogens is 1. The van der Waals surface area contributed by atoms with Crippen LogP contribution in [0.3, 0.4) is 0 Å². The van der Waals surface area contributed by atoms with E-state index in [4.69, 9.17) is 0 Å². The molecule has 1 amide bonds. The predicted octanol–water partition coefficient (Wildman–Crippen LogP) is 2.90. The summed E-state index contributed by atoms with van der Waals surface area (Å²) in [4.78, 5) is 11.6. The van der Waals surface area contributed by atoms with Gasteiger partial charge >= 0.3 is 0 Å². The number of hydrogen-bond acceptors (Lipinski definition) is 1. The summed E-state index contributed by atoms with van der Waals surface area (Å²) in [6, 6.07) is 6.50. The lowest BCUT2D eigenvalue weighted by molar-refractivity contribution is -0.117. The molecule has 1 aliphatic rings. The molecule has 0 heterocycles. The lowest BCUT2D eigenvalue weighted by atomic mass is 10.2. The Hall–Kier alpha value is -1.64. The third-order valence-electron chi connectivity index (χ3n) is 2.98. The molecule has 1 N–H and O–H groups in total. The second-order valence-electron chi connectivity index (χ2n) is 4.38. The van der Waals surface area contributed by atoms with E-state index >= 15 is 0 Å². The average molecular weight is 233 g/mol. The maximum absolute atomic E-state index is 12.9. The summed E-state index contributed by atoms with van der Waals surface area (Å²) in [5.74, 6) is -0.385. The number of rotatable bonds is 3. The number of carbonyl (C=O) groups excluding carboxylic acids is 1. The third kappa shape index (κ3) is 3.70. The molecule has 1 fully saturated rings. The van der Waals surface area contributed by atoms with Crippen LogP contribution in [-0.2, 0) is 4.79 Å². The summed E-state index contributed by atoms with van der Waals surface area (Å²) >= 11 is 0. The molecule has 1 aromatic carbocycles. The maximum atomic E-state index is 12.9. The molecule has 0 saturated heterocycles. The van der Waals surface area contributed by atoms with Crippen LogP contribution in [0.4, 0.5) is 4.39 Å². The molecule has 3 heteroatoms. The van der Waals surface area contributed by atoms with Crippen molar-refractivity contribution in [2.45, 2.75) is 31.7 Å². The first kappa shape index (κ1) is 11.8. The highest BCUT2D eigenvalue weighted by Gasteiger charge is 2.15. The Morgan fingerprint density at radius 1 is 1.35 bits per heavy atom. The van der Waals surface area contributed by atoms with Gasteiger partial charge in [0.25, 0.3) is 0 Å². The van der Waals surface area contributed by atoms with Crippen molar-refractivity contribution < 1.29 is 9.18 Å². The van der Waals surface area contributed by atoms with Crippen LogP contribution in [0.2, 0.25) is 0 Å². The smallest absolute Gasteiger partial charge is 0.244 e. The zero-order valence-corrected chi connectivity index (χ0v) is 9.66. The van der Waals surface area contributed by atoms with Crippen molar-refractivity contribution in [3.63, 3.8) is 0 Å². The first-order valence-corrected chi connectivity index (χ1v) is 5.98. The van der Waals surface area contributed by atoms with E-state index in [2.05, 4.69) is 5.32 Å². The van der Waals surface area contributed by atoms with Gasteiger partial charge in [0.1, 0.15) is 5.82 Å². The fraction of sp³-hybridized carbons (Fsp3) is 0.357. The molecule has 2 rings (SSSR count). The Labute approximate surface area is 101 Å². The van der Waals surface area contributed by atoms with Gasteiger partial charge in [-0.3, -0.25) is 4.79 Å². The molecule has 1 aromatic rings. The standard InChI is InChI=1S/C14H16FNO/c15-12-5-3-4-11(10-12)8-9-14(17)16-13-6-1-2-7-13/h3-5,8-10,13H,1-2,6-7H2,(H,16,17)/b9-8+. The van der Waals surface area contributed by atoms with Crippen LogP contribution in [0.15, 0.2) is 30.3 Å². The second-order valence-corrected chi connectivity index (χ2v) is 4.38. The highest BCUT2D eigenvalue weighted by atomic mass is 19.1. The van der Waals surface area contributed by atoms with Crippen LogP contribution in [-0.4, -0.2) is 11.9 Å². The fourth-order valence-electron chi connectivity index (χ4n) is 2.10. The van der Waals surface area contributed by atoms with Crippen molar-refractivity contribution in [2.24, 2.45) is 0 Å². The van der Waals surface area contributed by atoms with E-state index in [0.717, 1.165) is 12.8 Å². The van der Waals surface area contributed by atoms with Gasteiger partial charge in [-0.25, -0.2) is 4.39 Å². The summed E-state index contributed by atoms with van der Waals surface area (Å²) in [5, 5.41) is 2.94. The molecule has 0 radical (unpaired) electrons. The summed E-state index contributed by atoms with van der Waals surface area (Å²) in [5.41, 5.74) is 0.701. The lowest BCUT2D eigenvalue weighted by Crippen LogP contribution is -2.30. The van der Waals surface area contributed by atoms with Gasteiger partial charge in [0.05, 0.1) is 0 Å². The van der Waals surface area contributed by atoms with Crippen LogP contribution >= 0.6 is 0 Å². The highest BCUT2D eigenvalue weighted by Crippen LogP contribution is 2.17. The number of benzene rings is 1. The van der Waals surface area contributed by atoms with Crippen molar-refractivity contribution in [1.29, 1.82) is 0 Å². The molecule has 0 bridgehead atoms. The van der Waals surface area contributed by atoms with Crippen molar-refractivity contribution in [1.82, 2.24) is 5.32 Å². The monoisotopic (exact) mass is 233 g/mol. The Bertz CT molecular complexity index is 422. The van der Waals surface area contributed by atoms with E-state index in [9.17, 15) is 9.18 Å². The molecular weight excluding hydrogens is 217 g/mol. The van der Waals surface area contributed by atoms with Gasteiger partial charge in [-0.05, 0) is 36.6 Å². The predicted molar refractivity (Wildman–Crippen MR) is 65.8 cm³/mol. The molecule has 0 unspecified atom stereocenters. The van der Waals surface area contributed by atoms with Crippen molar-refractivity contribution in [2.75, 3.05) is 0 Å². The number of amides is 1. The zero-order chi connectivity index (χ0) is 12.1. The molecule has 0 spiro atoms. The van der Waals surface area contributed by atoms with E-state index < -0.39 is 0 Å². The largest absolute Gasteiger partial charge is 0.350 e. The van der Waals surface area contributed by atoms with Gasteiger partial charge in [0, 0.05) is 12.1 Å². The van der Waals surface area contributed by atoms with Crippen LogP contribution in [0.1, 0.15) is 31.2 Å². The van der Waals surface area contributed by atoms with E-state index in [-0.39, 0.29) is 11.7 Å². The molecule has 1 aliphatic carbocycles. The van der Waals surface area contributed by atoms with Crippen molar-refractivity contribution in [3.05, 3.63) is 41.7 Å². The highest BCUT2D eigenvalue weighted by molar-refractivity contribution is 5.91. The average Bonchev–Trinajstić information content (AvgIpc) is 2.79. The number of nitrogens with one attached hydrogen (secondary N) is 1. The topological polar surface area (TPSA) is 29.1 Å². The third-order valence-corrected chi connectivity index (χ3v) is 2.98. The SMILES string of the molecule is O=C(/C=C/c1cccc(F)c1)NC1CCCC1. The van der Waals surface area contributed by atoms with Crippen molar-refractivity contribution >= 4 is 12.0 Å². The normalized spacial score (nSPS) is 16.5. The molecule has 1 saturated carbocycles. The Morgan fingerprint density at radius 3 is 2.82 bits per heavy atom. The minimum atomic E-state index is -0.289. The van der Waals surface area contributed by atoms with E-state index in [1.54, 1.807) is 18.2 Å². The van der Waals surface area contributed by atoms with Crippen LogP contribution in [0.25, 0.3) is 6.08 Å². The van der Waals surface area contributed by atoms with E-state index in [1.165, 1.54) is 31.1 Å². The quantitative estimate of drug-likeness (QED) is 0.799. The Morgan fingerprint density at radius 2 is 2.12 bits per heavy atom. The van der Waals surface area contributed by atoms with E-state index in [0.29, 0.717) is 11.6 Å². The Balaban J connectivity index is 1.89. The molecule has 90 valence electrons. The minimum Gasteiger partial charge on any atom is -0.350 e. The minimum absolute atomic E-state index is 0.0961. The zero-order valence-electron chi connectivity index (χ0n) is 9.66. The number of hydrogen-bond donors (Lipinski definition) is 1. The van der Waals surface area contributed by atoms with Gasteiger partial charge in [0.2, 0.25) is 5.91 Å². The molecule has 2 nitrogen and oxygen atoms in total. The molecule has 0 aliphatic heterocycles. The Kier molecular flexibility index (Phi) is 3.91. The summed E-state index contributed by atoms with van der Waals surface area (Å²) in [6.07, 6.45) is 7.62. The van der Waals surface area contributed by atoms with Gasteiger partial charge < -0.3 is 5.32 Å². The van der Waals surface area contributed by atoms with Gasteiger partial charge in [-0.15, -0.1) is 0 Å². The van der Waals surface area contributed by atoms with Crippen molar-refractivity contribution in [3.8, 4) is 0 Å². The molecular formula is C14H16FNO. The van der Waals surface area contributed by atoms with Crippen LogP contribution in [0, 0.1) is 5.82 Å². The van der Waals surface area contributed by atoms with Gasteiger partial charge in [-0.1, -0.05) is 25.0 Å². The summed E-state index contributed by atoms with van der Waals surface area (Å²) in [7, 11) is 0. The fourth-order valence-corrected chi connectivity index (χ4v) is 2.10. The first-order chi connectivity index (χ1) is 8.24.